The lowest BCUT2D eigenvalue weighted by molar-refractivity contribution is -0.136. The summed E-state index contributed by atoms with van der Waals surface area (Å²) < 4.78 is 5.71. The maximum atomic E-state index is 12.6. The molecule has 1 amide bonds. The zero-order chi connectivity index (χ0) is 16.7. The summed E-state index contributed by atoms with van der Waals surface area (Å²) >= 11 is 0. The van der Waals surface area contributed by atoms with E-state index < -0.39 is 0 Å². The number of hydrogen-bond acceptors (Lipinski definition) is 3. The van der Waals surface area contributed by atoms with E-state index in [1.54, 1.807) is 12.4 Å². The van der Waals surface area contributed by atoms with Crippen LogP contribution in [0.25, 0.3) is 0 Å². The standard InChI is InChI=1S/C19H24N2O2/c1-4-16(3)21(13-17-9-11-20-12-10-17)19(22)14-23-18-8-6-5-7-15(18)2/h5-12,16H,4,13-14H2,1-3H3/t16-/m0/s1. The number of amides is 1. The van der Waals surface area contributed by atoms with Gasteiger partial charge >= 0.3 is 0 Å². The quantitative estimate of drug-likeness (QED) is 0.784. The van der Waals surface area contributed by atoms with Crippen molar-refractivity contribution in [2.75, 3.05) is 6.61 Å². The summed E-state index contributed by atoms with van der Waals surface area (Å²) in [5, 5.41) is 0. The molecule has 23 heavy (non-hydrogen) atoms. The van der Waals surface area contributed by atoms with Crippen molar-refractivity contribution in [3.8, 4) is 5.75 Å². The van der Waals surface area contributed by atoms with Gasteiger partial charge in [0, 0.05) is 25.0 Å². The second kappa shape index (κ2) is 8.32. The van der Waals surface area contributed by atoms with E-state index in [0.717, 1.165) is 23.3 Å². The highest BCUT2D eigenvalue weighted by Crippen LogP contribution is 2.17. The first-order valence-corrected chi connectivity index (χ1v) is 7.98. The Hall–Kier alpha value is -2.36. The van der Waals surface area contributed by atoms with Crippen molar-refractivity contribution in [1.29, 1.82) is 0 Å². The van der Waals surface area contributed by atoms with Gasteiger partial charge in [-0.05, 0) is 49.6 Å². The summed E-state index contributed by atoms with van der Waals surface area (Å²) in [6, 6.07) is 11.8. The van der Waals surface area contributed by atoms with Crippen molar-refractivity contribution in [2.45, 2.75) is 39.8 Å². The number of para-hydroxylation sites is 1. The smallest absolute Gasteiger partial charge is 0.261 e. The van der Waals surface area contributed by atoms with Crippen LogP contribution in [0.3, 0.4) is 0 Å². The first-order valence-electron chi connectivity index (χ1n) is 7.98. The Morgan fingerprint density at radius 1 is 1.22 bits per heavy atom. The summed E-state index contributed by atoms with van der Waals surface area (Å²) in [6.07, 6.45) is 4.40. The van der Waals surface area contributed by atoms with Crippen molar-refractivity contribution < 1.29 is 9.53 Å². The van der Waals surface area contributed by atoms with Gasteiger partial charge in [0.25, 0.3) is 5.91 Å². The van der Waals surface area contributed by atoms with Crippen LogP contribution in [-0.4, -0.2) is 28.4 Å². The van der Waals surface area contributed by atoms with E-state index in [0.29, 0.717) is 6.54 Å². The Kier molecular flexibility index (Phi) is 6.15. The molecule has 0 aliphatic rings. The average Bonchev–Trinajstić information content (AvgIpc) is 2.59. The fraction of sp³-hybridized carbons (Fsp3) is 0.368. The Bertz CT molecular complexity index is 628. The molecule has 0 bridgehead atoms. The van der Waals surface area contributed by atoms with Gasteiger partial charge in [-0.15, -0.1) is 0 Å². The molecule has 4 heteroatoms. The molecule has 0 saturated heterocycles. The van der Waals surface area contributed by atoms with E-state index in [4.69, 9.17) is 4.74 Å². The van der Waals surface area contributed by atoms with Gasteiger partial charge in [0.15, 0.2) is 6.61 Å². The molecule has 2 rings (SSSR count). The highest BCUT2D eigenvalue weighted by molar-refractivity contribution is 5.78. The van der Waals surface area contributed by atoms with Crippen LogP contribution >= 0.6 is 0 Å². The lowest BCUT2D eigenvalue weighted by Crippen LogP contribution is -2.40. The Morgan fingerprint density at radius 3 is 2.57 bits per heavy atom. The predicted molar refractivity (Wildman–Crippen MR) is 91.2 cm³/mol. The third kappa shape index (κ3) is 4.81. The van der Waals surface area contributed by atoms with Gasteiger partial charge in [0.05, 0.1) is 0 Å². The van der Waals surface area contributed by atoms with E-state index in [1.807, 2.05) is 48.2 Å². The van der Waals surface area contributed by atoms with Gasteiger partial charge in [-0.2, -0.15) is 0 Å². The lowest BCUT2D eigenvalue weighted by Gasteiger charge is -2.28. The van der Waals surface area contributed by atoms with Crippen LogP contribution in [0, 0.1) is 6.92 Å². The van der Waals surface area contributed by atoms with Gasteiger partial charge in [-0.3, -0.25) is 9.78 Å². The van der Waals surface area contributed by atoms with E-state index in [2.05, 4.69) is 18.8 Å². The first kappa shape index (κ1) is 17.0. The Morgan fingerprint density at radius 2 is 1.91 bits per heavy atom. The molecule has 1 atom stereocenters. The van der Waals surface area contributed by atoms with Crippen LogP contribution in [0.4, 0.5) is 0 Å². The van der Waals surface area contributed by atoms with E-state index in [-0.39, 0.29) is 18.6 Å². The summed E-state index contributed by atoms with van der Waals surface area (Å²) in [5.41, 5.74) is 2.11. The summed E-state index contributed by atoms with van der Waals surface area (Å²) in [4.78, 5) is 18.5. The SMILES string of the molecule is CC[C@H](C)N(Cc1ccncc1)C(=O)COc1ccccc1C. The third-order valence-corrected chi connectivity index (χ3v) is 3.99. The number of nitrogens with zero attached hydrogens (tertiary/aromatic N) is 2. The normalized spacial score (nSPS) is 11.8. The van der Waals surface area contributed by atoms with Crippen molar-refractivity contribution in [2.24, 2.45) is 0 Å². The zero-order valence-electron chi connectivity index (χ0n) is 14.0. The molecule has 0 aliphatic heterocycles. The van der Waals surface area contributed by atoms with E-state index in [1.165, 1.54) is 0 Å². The van der Waals surface area contributed by atoms with E-state index in [9.17, 15) is 4.79 Å². The number of hydrogen-bond donors (Lipinski definition) is 0. The lowest BCUT2D eigenvalue weighted by atomic mass is 10.1. The molecule has 0 aliphatic carbocycles. The molecule has 0 fully saturated rings. The Balaban J connectivity index is 2.03. The van der Waals surface area contributed by atoms with Crippen LogP contribution in [0.2, 0.25) is 0 Å². The van der Waals surface area contributed by atoms with Crippen LogP contribution in [0.15, 0.2) is 48.8 Å². The molecule has 0 saturated carbocycles. The van der Waals surface area contributed by atoms with Gasteiger partial charge in [-0.1, -0.05) is 25.1 Å². The number of rotatable bonds is 7. The van der Waals surface area contributed by atoms with Crippen molar-refractivity contribution >= 4 is 5.91 Å². The minimum absolute atomic E-state index is 0.000541. The molecule has 1 aromatic carbocycles. The molecule has 1 aromatic heterocycles. The number of aryl methyl sites for hydroxylation is 1. The number of carbonyl (C=O) groups is 1. The van der Waals surface area contributed by atoms with Crippen LogP contribution in [-0.2, 0) is 11.3 Å². The molecule has 0 N–H and O–H groups in total. The number of ether oxygens (including phenoxy) is 1. The molecule has 122 valence electrons. The molecule has 2 aromatic rings. The molecule has 4 nitrogen and oxygen atoms in total. The topological polar surface area (TPSA) is 42.4 Å². The van der Waals surface area contributed by atoms with Crippen LogP contribution < -0.4 is 4.74 Å². The monoisotopic (exact) mass is 312 g/mol. The molecule has 0 unspecified atom stereocenters. The van der Waals surface area contributed by atoms with Crippen molar-refractivity contribution in [3.63, 3.8) is 0 Å². The van der Waals surface area contributed by atoms with Gasteiger partial charge in [0.2, 0.25) is 0 Å². The Labute approximate surface area is 138 Å². The number of carbonyl (C=O) groups excluding carboxylic acids is 1. The maximum absolute atomic E-state index is 12.6. The first-order chi connectivity index (χ1) is 11.1. The van der Waals surface area contributed by atoms with Gasteiger partial charge in [0.1, 0.15) is 5.75 Å². The predicted octanol–water partition coefficient (Wildman–Crippen LogP) is 3.60. The van der Waals surface area contributed by atoms with Crippen LogP contribution in [0.5, 0.6) is 5.75 Å². The minimum Gasteiger partial charge on any atom is -0.484 e. The largest absolute Gasteiger partial charge is 0.484 e. The fourth-order valence-corrected chi connectivity index (χ4v) is 2.34. The van der Waals surface area contributed by atoms with Crippen molar-refractivity contribution in [3.05, 3.63) is 59.9 Å². The highest BCUT2D eigenvalue weighted by atomic mass is 16.5. The molecular weight excluding hydrogens is 288 g/mol. The molecule has 0 spiro atoms. The maximum Gasteiger partial charge on any atom is 0.261 e. The van der Waals surface area contributed by atoms with Crippen LogP contribution in [0.1, 0.15) is 31.4 Å². The highest BCUT2D eigenvalue weighted by Gasteiger charge is 2.20. The summed E-state index contributed by atoms with van der Waals surface area (Å²) in [5.74, 6) is 0.758. The van der Waals surface area contributed by atoms with Gasteiger partial charge in [-0.25, -0.2) is 0 Å². The molecule has 1 heterocycles. The molecular formula is C19H24N2O2. The molecule has 0 radical (unpaired) electrons. The second-order valence-corrected chi connectivity index (χ2v) is 5.69. The fourth-order valence-electron chi connectivity index (χ4n) is 2.34. The minimum atomic E-state index is -0.000541. The zero-order valence-corrected chi connectivity index (χ0v) is 14.0. The van der Waals surface area contributed by atoms with E-state index >= 15 is 0 Å². The average molecular weight is 312 g/mol. The number of aromatic nitrogens is 1. The summed E-state index contributed by atoms with van der Waals surface area (Å²) in [6.45, 7) is 6.75. The summed E-state index contributed by atoms with van der Waals surface area (Å²) in [7, 11) is 0. The van der Waals surface area contributed by atoms with Gasteiger partial charge < -0.3 is 9.64 Å². The number of pyridine rings is 1. The van der Waals surface area contributed by atoms with Crippen molar-refractivity contribution in [1.82, 2.24) is 9.88 Å². The third-order valence-electron chi connectivity index (χ3n) is 3.99. The number of benzene rings is 1. The second-order valence-electron chi connectivity index (χ2n) is 5.69.